The van der Waals surface area contributed by atoms with E-state index < -0.39 is 5.54 Å². The summed E-state index contributed by atoms with van der Waals surface area (Å²) in [7, 11) is 0. The molecule has 1 aliphatic rings. The van der Waals surface area contributed by atoms with Crippen molar-refractivity contribution < 1.29 is 4.79 Å². The summed E-state index contributed by atoms with van der Waals surface area (Å²) < 4.78 is 0. The summed E-state index contributed by atoms with van der Waals surface area (Å²) in [4.78, 5) is 11.6. The second-order valence-electron chi connectivity index (χ2n) is 3.58. The molecule has 62 valence electrons. The van der Waals surface area contributed by atoms with Crippen molar-refractivity contribution in [2.45, 2.75) is 18.9 Å². The molecule has 0 bridgehead atoms. The Balaban J connectivity index is 2.57. The average Bonchev–Trinajstić information content (AvgIpc) is 2.24. The normalized spacial score (nSPS) is 27.3. The quantitative estimate of drug-likeness (QED) is 0.620. The van der Waals surface area contributed by atoms with Crippen LogP contribution in [-0.4, -0.2) is 11.3 Å². The number of carbonyl (C=O) groups excluding carboxylic acids is 1. The molecular formula is C10H11NO. The molecule has 0 saturated heterocycles. The van der Waals surface area contributed by atoms with Crippen LogP contribution < -0.4 is 5.73 Å². The minimum atomic E-state index is -0.677. The van der Waals surface area contributed by atoms with E-state index in [2.05, 4.69) is 0 Å². The van der Waals surface area contributed by atoms with Crippen molar-refractivity contribution in [2.24, 2.45) is 5.73 Å². The molecule has 2 rings (SSSR count). The SMILES string of the molecule is C[C@@]1(N)Cc2ccccc2C1=O. The zero-order valence-electron chi connectivity index (χ0n) is 7.00. The zero-order valence-corrected chi connectivity index (χ0v) is 7.00. The lowest BCUT2D eigenvalue weighted by atomic mass is 9.99. The van der Waals surface area contributed by atoms with Gasteiger partial charge in [0.05, 0.1) is 5.54 Å². The van der Waals surface area contributed by atoms with Crippen LogP contribution in [-0.2, 0) is 6.42 Å². The smallest absolute Gasteiger partial charge is 0.182 e. The molecule has 0 saturated carbocycles. The molecule has 1 aromatic rings. The molecule has 0 unspecified atom stereocenters. The molecule has 0 radical (unpaired) electrons. The lowest BCUT2D eigenvalue weighted by molar-refractivity contribution is 0.0920. The number of carbonyl (C=O) groups is 1. The third-order valence-electron chi connectivity index (χ3n) is 2.34. The minimum absolute atomic E-state index is 0.0677. The van der Waals surface area contributed by atoms with Gasteiger partial charge in [-0.1, -0.05) is 24.3 Å². The van der Waals surface area contributed by atoms with Gasteiger partial charge in [0, 0.05) is 5.56 Å². The van der Waals surface area contributed by atoms with E-state index in [0.717, 1.165) is 11.1 Å². The molecule has 0 heterocycles. The Morgan fingerprint density at radius 2 is 2.08 bits per heavy atom. The minimum Gasteiger partial charge on any atom is -0.319 e. The van der Waals surface area contributed by atoms with E-state index in [4.69, 9.17) is 5.73 Å². The van der Waals surface area contributed by atoms with Crippen LogP contribution >= 0.6 is 0 Å². The van der Waals surface area contributed by atoms with Gasteiger partial charge in [0.2, 0.25) is 0 Å². The fourth-order valence-electron chi connectivity index (χ4n) is 1.68. The van der Waals surface area contributed by atoms with Crippen LogP contribution in [0.3, 0.4) is 0 Å². The highest BCUT2D eigenvalue weighted by Crippen LogP contribution is 2.27. The molecular weight excluding hydrogens is 150 g/mol. The van der Waals surface area contributed by atoms with E-state index >= 15 is 0 Å². The van der Waals surface area contributed by atoms with Crippen LogP contribution in [0.2, 0.25) is 0 Å². The highest BCUT2D eigenvalue weighted by molar-refractivity contribution is 6.07. The Kier molecular flexibility index (Phi) is 1.36. The molecule has 0 aromatic heterocycles. The van der Waals surface area contributed by atoms with Crippen molar-refractivity contribution >= 4 is 5.78 Å². The van der Waals surface area contributed by atoms with Crippen LogP contribution in [0.1, 0.15) is 22.8 Å². The number of Topliss-reactive ketones (excluding diaryl/α,β-unsaturated/α-hetero) is 1. The summed E-state index contributed by atoms with van der Waals surface area (Å²) >= 11 is 0. The Labute approximate surface area is 71.4 Å². The van der Waals surface area contributed by atoms with Crippen LogP contribution in [0, 0.1) is 0 Å². The molecule has 2 N–H and O–H groups in total. The first-order chi connectivity index (χ1) is 5.61. The highest BCUT2D eigenvalue weighted by Gasteiger charge is 2.37. The summed E-state index contributed by atoms with van der Waals surface area (Å²) in [5, 5.41) is 0. The van der Waals surface area contributed by atoms with Gasteiger partial charge in [-0.15, -0.1) is 0 Å². The van der Waals surface area contributed by atoms with Gasteiger partial charge in [0.25, 0.3) is 0 Å². The topological polar surface area (TPSA) is 43.1 Å². The molecule has 0 fully saturated rings. The van der Waals surface area contributed by atoms with Gasteiger partial charge >= 0.3 is 0 Å². The van der Waals surface area contributed by atoms with E-state index in [9.17, 15) is 4.79 Å². The number of hydrogen-bond acceptors (Lipinski definition) is 2. The van der Waals surface area contributed by atoms with E-state index in [1.165, 1.54) is 0 Å². The predicted octanol–water partition coefficient (Wildman–Crippen LogP) is 1.14. The number of nitrogens with two attached hydrogens (primary N) is 1. The van der Waals surface area contributed by atoms with Crippen LogP contribution in [0.25, 0.3) is 0 Å². The Morgan fingerprint density at radius 1 is 1.42 bits per heavy atom. The van der Waals surface area contributed by atoms with Crippen molar-refractivity contribution in [1.82, 2.24) is 0 Å². The van der Waals surface area contributed by atoms with Gasteiger partial charge in [-0.3, -0.25) is 4.79 Å². The van der Waals surface area contributed by atoms with Crippen LogP contribution in [0.15, 0.2) is 24.3 Å². The number of rotatable bonds is 0. The second-order valence-corrected chi connectivity index (χ2v) is 3.58. The maximum Gasteiger partial charge on any atom is 0.182 e. The average molecular weight is 161 g/mol. The maximum atomic E-state index is 11.6. The van der Waals surface area contributed by atoms with Gasteiger partial charge < -0.3 is 5.73 Å². The van der Waals surface area contributed by atoms with Crippen LogP contribution in [0.4, 0.5) is 0 Å². The predicted molar refractivity (Wildman–Crippen MR) is 47.1 cm³/mol. The maximum absolute atomic E-state index is 11.6. The third-order valence-corrected chi connectivity index (χ3v) is 2.34. The zero-order chi connectivity index (χ0) is 8.77. The van der Waals surface area contributed by atoms with Gasteiger partial charge in [-0.2, -0.15) is 0 Å². The lowest BCUT2D eigenvalue weighted by Crippen LogP contribution is -2.42. The fourth-order valence-corrected chi connectivity index (χ4v) is 1.68. The summed E-state index contributed by atoms with van der Waals surface area (Å²) in [6.07, 6.45) is 0.669. The van der Waals surface area contributed by atoms with E-state index in [0.29, 0.717) is 6.42 Å². The van der Waals surface area contributed by atoms with E-state index in [-0.39, 0.29) is 5.78 Å². The molecule has 0 amide bonds. The van der Waals surface area contributed by atoms with Gasteiger partial charge in [-0.05, 0) is 18.9 Å². The first kappa shape index (κ1) is 7.50. The summed E-state index contributed by atoms with van der Waals surface area (Å²) in [6.45, 7) is 1.79. The first-order valence-corrected chi connectivity index (χ1v) is 4.03. The molecule has 1 aliphatic carbocycles. The molecule has 0 spiro atoms. The Hall–Kier alpha value is -1.15. The summed E-state index contributed by atoms with van der Waals surface area (Å²) in [5.74, 6) is 0.0677. The standard InChI is InChI=1S/C10H11NO/c1-10(11)6-7-4-2-3-5-8(7)9(10)12/h2-5H,6,11H2,1H3/t10-/m1/s1. The van der Waals surface area contributed by atoms with Crippen molar-refractivity contribution in [1.29, 1.82) is 0 Å². The Morgan fingerprint density at radius 3 is 2.75 bits per heavy atom. The largest absolute Gasteiger partial charge is 0.319 e. The molecule has 2 nitrogen and oxygen atoms in total. The number of ketones is 1. The lowest BCUT2D eigenvalue weighted by Gasteiger charge is -2.13. The monoisotopic (exact) mass is 161 g/mol. The van der Waals surface area contributed by atoms with Crippen molar-refractivity contribution in [2.75, 3.05) is 0 Å². The molecule has 12 heavy (non-hydrogen) atoms. The van der Waals surface area contributed by atoms with Gasteiger partial charge in [0.1, 0.15) is 0 Å². The van der Waals surface area contributed by atoms with Crippen molar-refractivity contribution in [3.63, 3.8) is 0 Å². The molecule has 2 heteroatoms. The van der Waals surface area contributed by atoms with Crippen LogP contribution in [0.5, 0.6) is 0 Å². The van der Waals surface area contributed by atoms with Crippen molar-refractivity contribution in [3.8, 4) is 0 Å². The molecule has 1 aromatic carbocycles. The number of benzene rings is 1. The third kappa shape index (κ3) is 0.883. The highest BCUT2D eigenvalue weighted by atomic mass is 16.1. The molecule has 1 atom stereocenters. The Bertz CT molecular complexity index is 341. The van der Waals surface area contributed by atoms with Gasteiger partial charge in [-0.25, -0.2) is 0 Å². The fraction of sp³-hybridized carbons (Fsp3) is 0.300. The number of fused-ring (bicyclic) bond motifs is 1. The van der Waals surface area contributed by atoms with E-state index in [1.807, 2.05) is 24.3 Å². The van der Waals surface area contributed by atoms with E-state index in [1.54, 1.807) is 6.92 Å². The summed E-state index contributed by atoms with van der Waals surface area (Å²) in [6, 6.07) is 7.62. The number of hydrogen-bond donors (Lipinski definition) is 1. The second kappa shape index (κ2) is 2.17. The molecule has 0 aliphatic heterocycles. The van der Waals surface area contributed by atoms with Gasteiger partial charge in [0.15, 0.2) is 5.78 Å². The van der Waals surface area contributed by atoms with Crippen molar-refractivity contribution in [3.05, 3.63) is 35.4 Å². The summed E-state index contributed by atoms with van der Waals surface area (Å²) in [5.41, 5.74) is 7.02. The first-order valence-electron chi connectivity index (χ1n) is 4.03.